The molecule has 0 saturated heterocycles. The summed E-state index contributed by atoms with van der Waals surface area (Å²) in [4.78, 5) is 31.3. The number of alkyl halides is 2. The summed E-state index contributed by atoms with van der Waals surface area (Å²) in [5.74, 6) is 0.486. The molecule has 6 rings (SSSR count). The van der Waals surface area contributed by atoms with Gasteiger partial charge in [-0.3, -0.25) is 9.59 Å². The highest BCUT2D eigenvalue weighted by Gasteiger charge is 2.37. The Morgan fingerprint density at radius 1 is 0.711 bits per heavy atom. The fraction of sp³-hybridized carbons (Fsp3) is 0.357. The van der Waals surface area contributed by atoms with Gasteiger partial charge in [-0.1, -0.05) is 74.5 Å². The van der Waals surface area contributed by atoms with Crippen molar-refractivity contribution in [2.75, 3.05) is 0 Å². The second-order valence-electron chi connectivity index (χ2n) is 9.29. The lowest BCUT2D eigenvalue weighted by Crippen LogP contribution is -2.09. The Labute approximate surface area is 218 Å². The summed E-state index contributed by atoms with van der Waals surface area (Å²) < 4.78 is 31.1. The summed E-state index contributed by atoms with van der Waals surface area (Å²) >= 11 is 0. The highest BCUT2D eigenvalue weighted by Crippen LogP contribution is 2.40. The zero-order valence-electron chi connectivity index (χ0n) is 21.2. The molecule has 38 heavy (non-hydrogen) atoms. The SMILES string of the molecule is CCC(=O)c1nc2n(n1)[C@@H](c1ccccc1)C[C@H]2F.CCC(=O)c1nc2n(n1)[C@H](c1ccccc1)C[C@@H]2F. The number of Topliss-reactive ketones (excluding diaryl/α,β-unsaturated/α-hetero) is 2. The zero-order valence-corrected chi connectivity index (χ0v) is 21.2. The summed E-state index contributed by atoms with van der Waals surface area (Å²) in [6.45, 7) is 3.49. The van der Waals surface area contributed by atoms with E-state index in [1.54, 1.807) is 23.2 Å². The van der Waals surface area contributed by atoms with Crippen molar-refractivity contribution >= 4 is 11.6 Å². The summed E-state index contributed by atoms with van der Waals surface area (Å²) in [6.07, 6.45) is -0.987. The van der Waals surface area contributed by atoms with Gasteiger partial charge in [0.1, 0.15) is 0 Å². The van der Waals surface area contributed by atoms with E-state index in [1.807, 2.05) is 60.7 Å². The molecule has 4 aromatic rings. The van der Waals surface area contributed by atoms with E-state index in [-0.39, 0.29) is 46.9 Å². The monoisotopic (exact) mass is 518 g/mol. The number of ketones is 2. The Bertz CT molecular complexity index is 1330. The Hall–Kier alpha value is -4.08. The summed E-state index contributed by atoms with van der Waals surface area (Å²) in [5, 5.41) is 8.37. The summed E-state index contributed by atoms with van der Waals surface area (Å²) in [7, 11) is 0. The number of rotatable bonds is 6. The lowest BCUT2D eigenvalue weighted by Gasteiger charge is -2.11. The maximum absolute atomic E-state index is 14.0. The first-order valence-electron chi connectivity index (χ1n) is 12.8. The Morgan fingerprint density at radius 3 is 1.42 bits per heavy atom. The van der Waals surface area contributed by atoms with Gasteiger partial charge in [-0.05, 0) is 11.1 Å². The molecule has 10 heteroatoms. The van der Waals surface area contributed by atoms with Crippen LogP contribution in [-0.4, -0.2) is 41.1 Å². The van der Waals surface area contributed by atoms with E-state index in [0.29, 0.717) is 25.7 Å². The van der Waals surface area contributed by atoms with E-state index >= 15 is 0 Å². The van der Waals surface area contributed by atoms with Gasteiger partial charge in [-0.25, -0.2) is 28.1 Å². The van der Waals surface area contributed by atoms with E-state index in [4.69, 9.17) is 0 Å². The lowest BCUT2D eigenvalue weighted by molar-refractivity contribution is 0.0969. The number of carbonyl (C=O) groups excluding carboxylic acids is 2. The van der Waals surface area contributed by atoms with Gasteiger partial charge in [0.15, 0.2) is 24.0 Å². The number of hydrogen-bond donors (Lipinski definition) is 0. The molecule has 2 aliphatic heterocycles. The number of benzene rings is 2. The molecule has 4 atom stereocenters. The number of carbonyl (C=O) groups is 2. The van der Waals surface area contributed by atoms with Gasteiger partial charge in [0.2, 0.25) is 23.2 Å². The van der Waals surface area contributed by atoms with Crippen LogP contribution in [0.3, 0.4) is 0 Å². The Balaban J connectivity index is 0.000000155. The highest BCUT2D eigenvalue weighted by atomic mass is 19.1. The molecule has 0 spiro atoms. The third-order valence-electron chi connectivity index (χ3n) is 6.84. The molecule has 196 valence electrons. The normalized spacial score (nSPS) is 21.4. The zero-order chi connectivity index (χ0) is 26.8. The third-order valence-corrected chi connectivity index (χ3v) is 6.84. The minimum atomic E-state index is -1.16. The maximum Gasteiger partial charge on any atom is 0.217 e. The molecule has 0 amide bonds. The lowest BCUT2D eigenvalue weighted by atomic mass is 10.0. The molecule has 8 nitrogen and oxygen atoms in total. The van der Waals surface area contributed by atoms with Crippen LogP contribution in [0, 0.1) is 0 Å². The molecule has 4 heterocycles. The molecular formula is C28H28F2N6O2. The quantitative estimate of drug-likeness (QED) is 0.302. The number of hydrogen-bond acceptors (Lipinski definition) is 6. The maximum atomic E-state index is 14.0. The largest absolute Gasteiger partial charge is 0.291 e. The molecule has 0 aliphatic carbocycles. The average Bonchev–Trinajstić information content (AvgIpc) is 3.72. The van der Waals surface area contributed by atoms with Crippen LogP contribution in [0.2, 0.25) is 0 Å². The van der Waals surface area contributed by atoms with E-state index in [2.05, 4.69) is 20.2 Å². The second-order valence-corrected chi connectivity index (χ2v) is 9.29. The third kappa shape index (κ3) is 4.78. The molecular weight excluding hydrogens is 490 g/mol. The van der Waals surface area contributed by atoms with Crippen LogP contribution in [0.4, 0.5) is 8.78 Å². The van der Waals surface area contributed by atoms with Crippen molar-refractivity contribution in [1.29, 1.82) is 0 Å². The molecule has 0 fully saturated rings. The van der Waals surface area contributed by atoms with E-state index in [0.717, 1.165) is 11.1 Å². The molecule has 2 aromatic carbocycles. The van der Waals surface area contributed by atoms with Gasteiger partial charge in [0.05, 0.1) is 12.1 Å². The fourth-order valence-corrected chi connectivity index (χ4v) is 4.82. The molecule has 0 saturated carbocycles. The van der Waals surface area contributed by atoms with Crippen molar-refractivity contribution in [3.63, 3.8) is 0 Å². The van der Waals surface area contributed by atoms with Crippen LogP contribution >= 0.6 is 0 Å². The molecule has 2 aromatic heterocycles. The predicted molar refractivity (Wildman–Crippen MR) is 135 cm³/mol. The number of aromatic nitrogens is 6. The van der Waals surface area contributed by atoms with E-state index in [9.17, 15) is 18.4 Å². The molecule has 2 aliphatic rings. The van der Waals surface area contributed by atoms with Crippen molar-refractivity contribution in [2.45, 2.75) is 64.0 Å². The molecule has 0 unspecified atom stereocenters. The number of fused-ring (bicyclic) bond motifs is 2. The second kappa shape index (κ2) is 10.7. The van der Waals surface area contributed by atoms with Crippen LogP contribution in [0.25, 0.3) is 0 Å². The minimum Gasteiger partial charge on any atom is -0.291 e. The highest BCUT2D eigenvalue weighted by molar-refractivity contribution is 5.92. The van der Waals surface area contributed by atoms with E-state index < -0.39 is 12.3 Å². The first-order valence-corrected chi connectivity index (χ1v) is 12.8. The first kappa shape index (κ1) is 25.6. The smallest absolute Gasteiger partial charge is 0.217 e. The van der Waals surface area contributed by atoms with Gasteiger partial charge in [-0.15, -0.1) is 10.2 Å². The van der Waals surface area contributed by atoms with Crippen LogP contribution in [0.15, 0.2) is 60.7 Å². The Morgan fingerprint density at radius 2 is 1.08 bits per heavy atom. The standard InChI is InChI=1S/2C14H14FN3O/c2*1-2-12(19)13-16-14-10(15)8-11(18(14)17-13)9-6-4-3-5-7-9/h2*3-7,10-11H,2,8H2,1H3/t2*10-,11-/m10/s1. The van der Waals surface area contributed by atoms with Gasteiger partial charge < -0.3 is 0 Å². The van der Waals surface area contributed by atoms with Crippen LogP contribution in [-0.2, 0) is 0 Å². The minimum absolute atomic E-state index is 0.126. The van der Waals surface area contributed by atoms with Crippen molar-refractivity contribution in [3.05, 3.63) is 95.1 Å². The first-order chi connectivity index (χ1) is 18.4. The van der Waals surface area contributed by atoms with Crippen molar-refractivity contribution in [3.8, 4) is 0 Å². The van der Waals surface area contributed by atoms with Gasteiger partial charge in [-0.2, -0.15) is 0 Å². The molecule has 0 N–H and O–H groups in total. The number of halogens is 2. The van der Waals surface area contributed by atoms with Crippen molar-refractivity contribution in [1.82, 2.24) is 29.5 Å². The van der Waals surface area contributed by atoms with Crippen molar-refractivity contribution in [2.24, 2.45) is 0 Å². The Kier molecular flexibility index (Phi) is 7.22. The van der Waals surface area contributed by atoms with Crippen LogP contribution in [0.1, 0.15) is 108 Å². The van der Waals surface area contributed by atoms with E-state index in [1.165, 1.54) is 0 Å². The predicted octanol–water partition coefficient (Wildman–Crippen LogP) is 5.75. The van der Waals surface area contributed by atoms with Gasteiger partial charge in [0.25, 0.3) is 0 Å². The van der Waals surface area contributed by atoms with Gasteiger partial charge in [0, 0.05) is 25.7 Å². The summed E-state index contributed by atoms with van der Waals surface area (Å²) in [5.41, 5.74) is 1.98. The van der Waals surface area contributed by atoms with Gasteiger partial charge >= 0.3 is 0 Å². The number of nitrogens with zero attached hydrogens (tertiary/aromatic N) is 6. The van der Waals surface area contributed by atoms with Crippen LogP contribution in [0.5, 0.6) is 0 Å². The molecule has 0 radical (unpaired) electrons. The molecule has 0 bridgehead atoms. The average molecular weight is 519 g/mol. The summed E-state index contributed by atoms with van der Waals surface area (Å²) in [6, 6.07) is 18.9. The fourth-order valence-electron chi connectivity index (χ4n) is 4.82. The van der Waals surface area contributed by atoms with Crippen LogP contribution < -0.4 is 0 Å². The van der Waals surface area contributed by atoms with Crippen molar-refractivity contribution < 1.29 is 18.4 Å². The topological polar surface area (TPSA) is 95.6 Å².